The topological polar surface area (TPSA) is 85.9 Å². The van der Waals surface area contributed by atoms with E-state index >= 15 is 0 Å². The van der Waals surface area contributed by atoms with Crippen LogP contribution in [-0.2, 0) is 38.3 Å². The van der Waals surface area contributed by atoms with Gasteiger partial charge in [-0.3, -0.25) is 0 Å². The fourth-order valence-electron chi connectivity index (χ4n) is 0. The minimum atomic E-state index is -3.40. The number of rotatable bonds is 0. The van der Waals surface area contributed by atoms with E-state index in [4.69, 9.17) is 11.9 Å². The third kappa shape index (κ3) is 199. The third-order valence-electron chi connectivity index (χ3n) is 0. The van der Waals surface area contributed by atoms with E-state index in [-0.39, 0.29) is 22.0 Å². The third-order valence-corrected chi connectivity index (χ3v) is 0. The van der Waals surface area contributed by atoms with Crippen molar-refractivity contribution in [1.82, 2.24) is 0 Å². The first-order valence-electron chi connectivity index (χ1n) is 0.478. The van der Waals surface area contributed by atoms with Gasteiger partial charge in [-0.1, -0.05) is 0 Å². The van der Waals surface area contributed by atoms with Gasteiger partial charge in [0.15, 0.2) is 0 Å². The Morgan fingerprint density at radius 3 is 1.33 bits per heavy atom. The Kier molecular flexibility index (Phi) is 24.3. The van der Waals surface area contributed by atoms with Crippen LogP contribution in [0.4, 0.5) is 0 Å². The molecule has 0 fully saturated rings. The summed E-state index contributed by atoms with van der Waals surface area (Å²) in [7, 11) is 0. The van der Waals surface area contributed by atoms with E-state index in [1.165, 1.54) is 0 Å². The van der Waals surface area contributed by atoms with Crippen LogP contribution >= 0.6 is 0 Å². The Morgan fingerprint density at radius 1 is 1.33 bits per heavy atom. The van der Waals surface area contributed by atoms with Gasteiger partial charge in [-0.2, -0.15) is 0 Å². The maximum atomic E-state index is 8.63. The predicted molar refractivity (Wildman–Crippen MR) is 7.21 cm³/mol. The summed E-state index contributed by atoms with van der Waals surface area (Å²) in [6.45, 7) is 0. The summed E-state index contributed by atoms with van der Waals surface area (Å²) < 4.78 is 24.3. The van der Waals surface area contributed by atoms with Gasteiger partial charge in [0.2, 0.25) is 0 Å². The van der Waals surface area contributed by atoms with Gasteiger partial charge in [0.1, 0.15) is 0 Å². The van der Waals surface area contributed by atoms with Crippen LogP contribution in [0.2, 0.25) is 0 Å². The van der Waals surface area contributed by atoms with Gasteiger partial charge < -0.3 is 5.48 Å². The van der Waals surface area contributed by atoms with Crippen molar-refractivity contribution < 1.29 is 47.9 Å². The van der Waals surface area contributed by atoms with Gasteiger partial charge in [-0.25, -0.2) is 0 Å². The number of hydrogen-bond donors (Lipinski definition) is 1. The molecular weight excluding hydrogens is 178 g/mol. The Bertz CT molecular complexity index is 55.9. The van der Waals surface area contributed by atoms with Crippen molar-refractivity contribution in [3.8, 4) is 0 Å². The summed E-state index contributed by atoms with van der Waals surface area (Å²) in [5.41, 5.74) is 0. The van der Waals surface area contributed by atoms with Gasteiger partial charge >= 0.3 is 26.0 Å². The average Bonchev–Trinajstić information content (AvgIpc) is 0.811. The Hall–Kier alpha value is 0.533. The van der Waals surface area contributed by atoms with Crippen LogP contribution in [0, 0.1) is 0 Å². The number of hydrogen-bond acceptors (Lipinski definition) is 2. The van der Waals surface area contributed by atoms with Crippen molar-refractivity contribution in [2.45, 2.75) is 0 Å². The Labute approximate surface area is 48.4 Å². The molecule has 0 saturated carbocycles. The van der Waals surface area contributed by atoms with Crippen molar-refractivity contribution in [3.05, 3.63) is 0 Å². The molecule has 0 rings (SSSR count). The zero-order valence-corrected chi connectivity index (χ0v) is 4.63. The molecule has 44 valence electrons. The molecule has 0 spiro atoms. The van der Waals surface area contributed by atoms with E-state index in [0.29, 0.717) is 0 Å². The second kappa shape index (κ2) is 9.11. The zero-order chi connectivity index (χ0) is 3.58. The van der Waals surface area contributed by atoms with Crippen molar-refractivity contribution in [2.24, 2.45) is 0 Å². The molecule has 4 nitrogen and oxygen atoms in total. The summed E-state index contributed by atoms with van der Waals surface area (Å²) in [6, 6.07) is 0. The normalized spacial score (nSPS) is 5.67. The van der Waals surface area contributed by atoms with Crippen LogP contribution in [0.3, 0.4) is 0 Å². The van der Waals surface area contributed by atoms with Crippen LogP contribution < -0.4 is 0 Å². The van der Waals surface area contributed by atoms with E-state index in [2.05, 4.69) is 0 Å². The molecule has 0 heterocycles. The molecule has 0 aliphatic carbocycles. The SMILES string of the molecule is O.[Ni].[O]=[Mn](=[O])[OH]. The molecule has 0 bridgehead atoms. The zero-order valence-electron chi connectivity index (χ0n) is 2.46. The molecule has 0 aromatic heterocycles. The van der Waals surface area contributed by atoms with Gasteiger partial charge in [-0.15, -0.1) is 0 Å². The second-order valence-corrected chi connectivity index (χ2v) is 0.829. The van der Waals surface area contributed by atoms with Crippen molar-refractivity contribution in [3.63, 3.8) is 0 Å². The average molecular weight is 181 g/mol. The van der Waals surface area contributed by atoms with Crippen LogP contribution in [0.15, 0.2) is 0 Å². The van der Waals surface area contributed by atoms with E-state index in [9.17, 15) is 0 Å². The summed E-state index contributed by atoms with van der Waals surface area (Å²) in [6.07, 6.45) is 0. The van der Waals surface area contributed by atoms with Gasteiger partial charge in [0, 0.05) is 16.5 Å². The first-order valence-corrected chi connectivity index (χ1v) is 1.97. The maximum absolute atomic E-state index is 8.63. The summed E-state index contributed by atoms with van der Waals surface area (Å²) in [5, 5.41) is 0. The van der Waals surface area contributed by atoms with Crippen LogP contribution in [0.1, 0.15) is 0 Å². The molecule has 6 heteroatoms. The summed E-state index contributed by atoms with van der Waals surface area (Å²) in [4.78, 5) is 0. The van der Waals surface area contributed by atoms with E-state index in [0.717, 1.165) is 0 Å². The van der Waals surface area contributed by atoms with E-state index < -0.39 is 14.1 Å². The molecule has 0 aromatic carbocycles. The van der Waals surface area contributed by atoms with E-state index in [1.54, 1.807) is 0 Å². The molecule has 0 aliphatic rings. The standard InChI is InChI=1S/Mn.Ni.2H2O.2O/h;;2*1H2;;/q+1;;;;;/p-1. The molecular formula is H3MnNiO4. The first kappa shape index (κ1) is 16.0. The molecule has 0 amide bonds. The molecule has 3 N–H and O–H groups in total. The molecule has 6 heavy (non-hydrogen) atoms. The monoisotopic (exact) mass is 180 g/mol. The Morgan fingerprint density at radius 2 is 1.33 bits per heavy atom. The molecule has 0 saturated heterocycles. The van der Waals surface area contributed by atoms with Gasteiger partial charge in [-0.05, 0) is 0 Å². The molecule has 0 unspecified atom stereocenters. The van der Waals surface area contributed by atoms with Crippen molar-refractivity contribution >= 4 is 0 Å². The fourth-order valence-corrected chi connectivity index (χ4v) is 0. The summed E-state index contributed by atoms with van der Waals surface area (Å²) in [5.74, 6) is 0. The van der Waals surface area contributed by atoms with Crippen molar-refractivity contribution in [2.75, 3.05) is 0 Å². The summed E-state index contributed by atoms with van der Waals surface area (Å²) >= 11 is -3.40. The fraction of sp³-hybridized carbons (Fsp3) is 0. The predicted octanol–water partition coefficient (Wildman–Crippen LogP) is -1.62. The molecule has 0 aromatic rings. The van der Waals surface area contributed by atoms with Crippen LogP contribution in [0.25, 0.3) is 0 Å². The van der Waals surface area contributed by atoms with Gasteiger partial charge in [0.25, 0.3) is 0 Å². The van der Waals surface area contributed by atoms with Gasteiger partial charge in [0.05, 0.1) is 0 Å². The van der Waals surface area contributed by atoms with E-state index in [1.807, 2.05) is 0 Å². The van der Waals surface area contributed by atoms with Crippen molar-refractivity contribution in [1.29, 1.82) is 0 Å². The molecule has 0 radical (unpaired) electrons. The minimum absolute atomic E-state index is 0. The van der Waals surface area contributed by atoms with Crippen LogP contribution in [-0.4, -0.2) is 9.67 Å². The van der Waals surface area contributed by atoms with Crippen LogP contribution in [0.5, 0.6) is 0 Å². The molecule has 0 aliphatic heterocycles. The molecule has 0 atom stereocenters. The quantitative estimate of drug-likeness (QED) is 0.455. The second-order valence-electron chi connectivity index (χ2n) is 0.201. The Balaban J connectivity index is -0.0000000450. The first-order chi connectivity index (χ1) is 1.73.